The van der Waals surface area contributed by atoms with Crippen LogP contribution in [-0.4, -0.2) is 37.2 Å². The summed E-state index contributed by atoms with van der Waals surface area (Å²) < 4.78 is 42.1. The number of amides is 1. The number of nitrogen functional groups attached to an aromatic ring is 1. The number of rotatable bonds is 4. The summed E-state index contributed by atoms with van der Waals surface area (Å²) in [4.78, 5) is 12.8. The Hall–Kier alpha value is -1.92. The number of nitrogens with two attached hydrogens (primary N) is 1. The second kappa shape index (κ2) is 5.81. The molecule has 0 saturated carbocycles. The van der Waals surface area contributed by atoms with Crippen LogP contribution in [0.25, 0.3) is 0 Å². The summed E-state index contributed by atoms with van der Waals surface area (Å²) in [7, 11) is 1.32. The van der Waals surface area contributed by atoms with Crippen LogP contribution in [0, 0.1) is 0 Å². The predicted octanol–water partition coefficient (Wildman–Crippen LogP) is 2.30. The topological polar surface area (TPSA) is 55.6 Å². The summed E-state index contributed by atoms with van der Waals surface area (Å²) in [6.45, 7) is 0.134. The monoisotopic (exact) mass is 276 g/mol. The highest BCUT2D eigenvalue weighted by atomic mass is 19.4. The number of benzene rings is 1. The van der Waals surface area contributed by atoms with Crippen molar-refractivity contribution in [1.29, 1.82) is 0 Å². The van der Waals surface area contributed by atoms with Crippen molar-refractivity contribution in [3.63, 3.8) is 0 Å². The molecular weight excluding hydrogens is 261 g/mol. The van der Waals surface area contributed by atoms with Crippen LogP contribution in [-0.2, 0) is 0 Å². The van der Waals surface area contributed by atoms with Crippen molar-refractivity contribution < 1.29 is 22.7 Å². The lowest BCUT2D eigenvalue weighted by Gasteiger charge is -2.23. The Morgan fingerprint density at radius 3 is 2.53 bits per heavy atom. The maximum atomic E-state index is 12.4. The molecule has 2 N–H and O–H groups in total. The second-order valence-corrected chi connectivity index (χ2v) is 3.89. The molecule has 0 spiro atoms. The van der Waals surface area contributed by atoms with Gasteiger partial charge in [-0.1, -0.05) is 0 Å². The Morgan fingerprint density at radius 1 is 1.42 bits per heavy atom. The van der Waals surface area contributed by atoms with Gasteiger partial charge in [0.1, 0.15) is 12.3 Å². The van der Waals surface area contributed by atoms with Crippen LogP contribution < -0.4 is 10.5 Å². The van der Waals surface area contributed by atoms with Crippen molar-refractivity contribution in [3.8, 4) is 5.75 Å². The summed E-state index contributed by atoms with van der Waals surface area (Å²) in [6, 6.07) is 4.20. The van der Waals surface area contributed by atoms with Crippen LogP contribution in [0.2, 0.25) is 0 Å². The summed E-state index contributed by atoms with van der Waals surface area (Å²) >= 11 is 0. The van der Waals surface area contributed by atoms with Crippen molar-refractivity contribution in [3.05, 3.63) is 23.8 Å². The van der Waals surface area contributed by atoms with Crippen molar-refractivity contribution in [2.75, 3.05) is 25.9 Å². The Kier molecular flexibility index (Phi) is 4.63. The van der Waals surface area contributed by atoms with E-state index in [1.807, 2.05) is 0 Å². The van der Waals surface area contributed by atoms with Gasteiger partial charge < -0.3 is 15.4 Å². The average Bonchev–Trinajstić information content (AvgIpc) is 2.33. The molecule has 0 aliphatic carbocycles. The molecule has 0 saturated heterocycles. The number of ether oxygens (including phenoxy) is 1. The van der Waals surface area contributed by atoms with E-state index >= 15 is 0 Å². The highest BCUT2D eigenvalue weighted by molar-refractivity contribution is 5.97. The lowest BCUT2D eigenvalue weighted by Crippen LogP contribution is -2.38. The SMILES string of the molecule is CCN(CC(F)(F)F)C(=O)c1ccc(N)cc1OC. The predicted molar refractivity (Wildman–Crippen MR) is 65.0 cm³/mol. The zero-order valence-electron chi connectivity index (χ0n) is 10.6. The number of hydrogen-bond acceptors (Lipinski definition) is 3. The highest BCUT2D eigenvalue weighted by Crippen LogP contribution is 2.24. The van der Waals surface area contributed by atoms with Crippen LogP contribution in [0.5, 0.6) is 5.75 Å². The molecule has 1 aromatic carbocycles. The number of methoxy groups -OCH3 is 1. The van der Waals surface area contributed by atoms with E-state index in [1.54, 1.807) is 0 Å². The molecule has 0 aromatic heterocycles. The first-order valence-electron chi connectivity index (χ1n) is 5.58. The molecular formula is C12H15F3N2O2. The van der Waals surface area contributed by atoms with Crippen LogP contribution in [0.4, 0.5) is 18.9 Å². The van der Waals surface area contributed by atoms with E-state index < -0.39 is 18.6 Å². The number of carbonyl (C=O) groups excluding carboxylic acids is 1. The third-order valence-corrected chi connectivity index (χ3v) is 2.50. The van der Waals surface area contributed by atoms with Crippen molar-refractivity contribution >= 4 is 11.6 Å². The maximum absolute atomic E-state index is 12.4. The third kappa shape index (κ3) is 4.04. The van der Waals surface area contributed by atoms with Gasteiger partial charge in [-0.2, -0.15) is 13.2 Å². The Balaban J connectivity index is 3.04. The highest BCUT2D eigenvalue weighted by Gasteiger charge is 2.33. The summed E-state index contributed by atoms with van der Waals surface area (Å²) in [5.41, 5.74) is 5.95. The number of nitrogens with zero attached hydrogens (tertiary/aromatic N) is 1. The van der Waals surface area contributed by atoms with E-state index in [-0.39, 0.29) is 17.9 Å². The van der Waals surface area contributed by atoms with Crippen LogP contribution in [0.15, 0.2) is 18.2 Å². The zero-order chi connectivity index (χ0) is 14.6. The maximum Gasteiger partial charge on any atom is 0.406 e. The minimum absolute atomic E-state index is 0.0497. The van der Waals surface area contributed by atoms with E-state index in [4.69, 9.17) is 10.5 Å². The van der Waals surface area contributed by atoms with Gasteiger partial charge >= 0.3 is 6.18 Å². The van der Waals surface area contributed by atoms with Crippen molar-refractivity contribution in [2.45, 2.75) is 13.1 Å². The number of alkyl halides is 3. The van der Waals surface area contributed by atoms with Gasteiger partial charge in [-0.15, -0.1) is 0 Å². The van der Waals surface area contributed by atoms with Gasteiger partial charge in [0.05, 0.1) is 12.7 Å². The van der Waals surface area contributed by atoms with E-state index in [9.17, 15) is 18.0 Å². The first-order valence-corrected chi connectivity index (χ1v) is 5.58. The molecule has 19 heavy (non-hydrogen) atoms. The molecule has 0 radical (unpaired) electrons. The van der Waals surface area contributed by atoms with Gasteiger partial charge in [0.2, 0.25) is 0 Å². The van der Waals surface area contributed by atoms with Gasteiger partial charge in [0.25, 0.3) is 5.91 Å². The van der Waals surface area contributed by atoms with Gasteiger partial charge in [0.15, 0.2) is 0 Å². The standard InChI is InChI=1S/C12H15F3N2O2/c1-3-17(7-12(13,14)15)11(18)9-5-4-8(16)6-10(9)19-2/h4-6H,3,7,16H2,1-2H3. The summed E-state index contributed by atoms with van der Waals surface area (Å²) in [6.07, 6.45) is -4.44. The zero-order valence-corrected chi connectivity index (χ0v) is 10.6. The molecule has 0 fully saturated rings. The second-order valence-electron chi connectivity index (χ2n) is 3.89. The molecule has 0 atom stereocenters. The third-order valence-electron chi connectivity index (χ3n) is 2.50. The minimum Gasteiger partial charge on any atom is -0.496 e. The fraction of sp³-hybridized carbons (Fsp3) is 0.417. The number of hydrogen-bond donors (Lipinski definition) is 1. The molecule has 0 heterocycles. The smallest absolute Gasteiger partial charge is 0.406 e. The molecule has 0 aliphatic heterocycles. The fourth-order valence-corrected chi connectivity index (χ4v) is 1.60. The molecule has 4 nitrogen and oxygen atoms in total. The van der Waals surface area contributed by atoms with E-state index in [0.29, 0.717) is 10.6 Å². The first kappa shape index (κ1) is 15.1. The Bertz CT molecular complexity index is 461. The van der Waals surface area contributed by atoms with Crippen molar-refractivity contribution in [1.82, 2.24) is 4.90 Å². The van der Waals surface area contributed by atoms with Crippen LogP contribution in [0.1, 0.15) is 17.3 Å². The number of anilines is 1. The molecule has 1 amide bonds. The molecule has 106 valence electrons. The Labute approximate surface area is 108 Å². The Morgan fingerprint density at radius 2 is 2.05 bits per heavy atom. The van der Waals surface area contributed by atoms with E-state index in [2.05, 4.69) is 0 Å². The van der Waals surface area contributed by atoms with Gasteiger partial charge in [-0.05, 0) is 19.1 Å². The lowest BCUT2D eigenvalue weighted by atomic mass is 10.1. The van der Waals surface area contributed by atoms with Gasteiger partial charge in [0, 0.05) is 18.3 Å². The largest absolute Gasteiger partial charge is 0.496 e. The summed E-state index contributed by atoms with van der Waals surface area (Å²) in [5.74, 6) is -0.581. The summed E-state index contributed by atoms with van der Waals surface area (Å²) in [5, 5.41) is 0. The molecule has 0 aliphatic rings. The van der Waals surface area contributed by atoms with Crippen molar-refractivity contribution in [2.24, 2.45) is 0 Å². The molecule has 1 rings (SSSR count). The molecule has 0 unspecified atom stereocenters. The normalized spacial score (nSPS) is 11.2. The fourth-order valence-electron chi connectivity index (χ4n) is 1.60. The lowest BCUT2D eigenvalue weighted by molar-refractivity contribution is -0.140. The quantitative estimate of drug-likeness (QED) is 0.858. The van der Waals surface area contributed by atoms with E-state index in [0.717, 1.165) is 0 Å². The average molecular weight is 276 g/mol. The van der Waals surface area contributed by atoms with Crippen LogP contribution in [0.3, 0.4) is 0 Å². The first-order chi connectivity index (χ1) is 8.78. The van der Waals surface area contributed by atoms with E-state index in [1.165, 1.54) is 32.2 Å². The number of halogens is 3. The molecule has 1 aromatic rings. The van der Waals surface area contributed by atoms with Gasteiger partial charge in [-0.3, -0.25) is 4.79 Å². The number of carbonyl (C=O) groups is 1. The minimum atomic E-state index is -4.44. The van der Waals surface area contributed by atoms with Gasteiger partial charge in [-0.25, -0.2) is 0 Å². The van der Waals surface area contributed by atoms with Crippen LogP contribution >= 0.6 is 0 Å². The molecule has 7 heteroatoms. The molecule has 0 bridgehead atoms.